The number of carbonyl (C=O) groups is 2. The van der Waals surface area contributed by atoms with Crippen LogP contribution in [-0.2, 0) is 9.53 Å². The summed E-state index contributed by atoms with van der Waals surface area (Å²) in [5, 5.41) is 8.57. The number of aliphatic carboxylic acids is 1. The van der Waals surface area contributed by atoms with Gasteiger partial charge in [0.15, 0.2) is 0 Å². The molecular formula is C13H16BrNO4S. The molecule has 2 heterocycles. The molecule has 0 radical (unpaired) electrons. The zero-order valence-electron chi connectivity index (χ0n) is 11.1. The van der Waals surface area contributed by atoms with E-state index in [2.05, 4.69) is 15.9 Å². The highest BCUT2D eigenvalue weighted by Gasteiger charge is 2.25. The summed E-state index contributed by atoms with van der Waals surface area (Å²) in [4.78, 5) is 25.3. The van der Waals surface area contributed by atoms with Crippen LogP contribution in [0.4, 0.5) is 0 Å². The van der Waals surface area contributed by atoms with E-state index in [9.17, 15) is 9.59 Å². The molecule has 0 bridgehead atoms. The van der Waals surface area contributed by atoms with Crippen molar-refractivity contribution in [3.63, 3.8) is 0 Å². The second-order valence-corrected chi connectivity index (χ2v) is 7.13. The maximum atomic E-state index is 12.3. The van der Waals surface area contributed by atoms with Gasteiger partial charge in [0.2, 0.25) is 0 Å². The van der Waals surface area contributed by atoms with Crippen LogP contribution in [0.15, 0.2) is 9.85 Å². The van der Waals surface area contributed by atoms with Gasteiger partial charge in [-0.2, -0.15) is 0 Å². The molecule has 1 N–H and O–H groups in total. The van der Waals surface area contributed by atoms with Crippen LogP contribution in [0, 0.1) is 6.92 Å². The summed E-state index contributed by atoms with van der Waals surface area (Å²) in [7, 11) is 0. The maximum absolute atomic E-state index is 12.3. The van der Waals surface area contributed by atoms with Crippen molar-refractivity contribution in [2.45, 2.75) is 25.9 Å². The summed E-state index contributed by atoms with van der Waals surface area (Å²) in [5.74, 6) is -0.914. The molecule has 1 aromatic heterocycles. The topological polar surface area (TPSA) is 66.8 Å². The molecule has 1 aliphatic heterocycles. The van der Waals surface area contributed by atoms with E-state index >= 15 is 0 Å². The van der Waals surface area contributed by atoms with Gasteiger partial charge in [0.1, 0.15) is 6.61 Å². The molecule has 2 rings (SSSR count). The van der Waals surface area contributed by atoms with Crippen LogP contribution in [0.25, 0.3) is 0 Å². The zero-order valence-corrected chi connectivity index (χ0v) is 13.5. The number of amides is 1. The van der Waals surface area contributed by atoms with Gasteiger partial charge in [-0.3, -0.25) is 4.79 Å². The zero-order chi connectivity index (χ0) is 14.7. The second kappa shape index (κ2) is 6.69. The van der Waals surface area contributed by atoms with Gasteiger partial charge in [0.25, 0.3) is 5.91 Å². The third-order valence-corrected chi connectivity index (χ3v) is 5.36. The van der Waals surface area contributed by atoms with E-state index in [-0.39, 0.29) is 18.6 Å². The first kappa shape index (κ1) is 15.5. The second-order valence-electron chi connectivity index (χ2n) is 4.76. The minimum atomic E-state index is -0.956. The lowest BCUT2D eigenvalue weighted by molar-refractivity contribution is -0.145. The van der Waals surface area contributed by atoms with Crippen molar-refractivity contribution >= 4 is 39.1 Å². The smallest absolute Gasteiger partial charge is 0.329 e. The molecular weight excluding hydrogens is 346 g/mol. The largest absolute Gasteiger partial charge is 0.480 e. The Morgan fingerprint density at radius 3 is 2.65 bits per heavy atom. The minimum absolute atomic E-state index is 0.0421. The number of nitrogens with zero attached hydrogens (tertiary/aromatic N) is 1. The first-order valence-corrected chi connectivity index (χ1v) is 7.97. The van der Waals surface area contributed by atoms with Crippen molar-refractivity contribution in [2.24, 2.45) is 0 Å². The van der Waals surface area contributed by atoms with E-state index < -0.39 is 5.97 Å². The summed E-state index contributed by atoms with van der Waals surface area (Å²) < 4.78 is 6.25. The van der Waals surface area contributed by atoms with Crippen molar-refractivity contribution in [2.75, 3.05) is 19.7 Å². The Hall–Kier alpha value is -0.920. The van der Waals surface area contributed by atoms with Crippen molar-refractivity contribution < 1.29 is 19.4 Å². The molecule has 0 aromatic carbocycles. The number of ether oxygens (including phenoxy) is 1. The highest BCUT2D eigenvalue weighted by atomic mass is 79.9. The van der Waals surface area contributed by atoms with E-state index in [1.807, 2.05) is 13.0 Å². The van der Waals surface area contributed by atoms with Gasteiger partial charge in [-0.15, -0.1) is 11.3 Å². The lowest BCUT2D eigenvalue weighted by atomic mass is 10.1. The molecule has 1 aromatic rings. The number of hydrogen-bond acceptors (Lipinski definition) is 4. The van der Waals surface area contributed by atoms with Crippen LogP contribution in [0.2, 0.25) is 0 Å². The van der Waals surface area contributed by atoms with Gasteiger partial charge >= 0.3 is 5.97 Å². The molecule has 0 atom stereocenters. The van der Waals surface area contributed by atoms with Crippen LogP contribution in [-0.4, -0.2) is 47.7 Å². The van der Waals surface area contributed by atoms with Gasteiger partial charge in [-0.1, -0.05) is 0 Å². The van der Waals surface area contributed by atoms with Gasteiger partial charge in [0.05, 0.1) is 14.8 Å². The summed E-state index contributed by atoms with van der Waals surface area (Å²) in [6.07, 6.45) is 1.31. The Bertz CT molecular complexity index is 489. The van der Waals surface area contributed by atoms with E-state index in [0.717, 1.165) is 14.2 Å². The standard InChI is InChI=1S/C13H16BrNO4S/c1-8-6-10(20-12(8)14)13(18)15-4-2-9(3-5-15)19-7-11(16)17/h6,9H,2-5,7H2,1H3,(H,16,17). The number of hydrogen-bond donors (Lipinski definition) is 1. The molecule has 1 fully saturated rings. The van der Waals surface area contributed by atoms with E-state index in [4.69, 9.17) is 9.84 Å². The summed E-state index contributed by atoms with van der Waals surface area (Å²) >= 11 is 4.87. The SMILES string of the molecule is Cc1cc(C(=O)N2CCC(OCC(=O)O)CC2)sc1Br. The molecule has 5 nitrogen and oxygen atoms in total. The average molecular weight is 362 g/mol. The Labute approximate surface area is 129 Å². The van der Waals surface area contributed by atoms with E-state index in [1.165, 1.54) is 11.3 Å². The average Bonchev–Trinajstić information content (AvgIpc) is 2.76. The van der Waals surface area contributed by atoms with Crippen LogP contribution in [0.1, 0.15) is 28.1 Å². The third-order valence-electron chi connectivity index (χ3n) is 3.24. The number of piperidine rings is 1. The van der Waals surface area contributed by atoms with Crippen molar-refractivity contribution in [3.8, 4) is 0 Å². The minimum Gasteiger partial charge on any atom is -0.480 e. The van der Waals surface area contributed by atoms with Gasteiger partial charge in [-0.25, -0.2) is 4.79 Å². The lowest BCUT2D eigenvalue weighted by Gasteiger charge is -2.31. The quantitative estimate of drug-likeness (QED) is 0.894. The maximum Gasteiger partial charge on any atom is 0.329 e. The van der Waals surface area contributed by atoms with Crippen molar-refractivity contribution in [3.05, 3.63) is 20.3 Å². The van der Waals surface area contributed by atoms with Crippen molar-refractivity contribution in [1.82, 2.24) is 4.90 Å². The highest BCUT2D eigenvalue weighted by Crippen LogP contribution is 2.29. The van der Waals surface area contributed by atoms with Crippen LogP contribution < -0.4 is 0 Å². The fraction of sp³-hybridized carbons (Fsp3) is 0.538. The molecule has 20 heavy (non-hydrogen) atoms. The third kappa shape index (κ3) is 3.80. The number of rotatable bonds is 4. The Balaban J connectivity index is 1.87. The number of likely N-dealkylation sites (tertiary alicyclic amines) is 1. The molecule has 0 saturated carbocycles. The fourth-order valence-corrected chi connectivity index (χ4v) is 3.64. The van der Waals surface area contributed by atoms with Crippen LogP contribution in [0.5, 0.6) is 0 Å². The molecule has 0 aliphatic carbocycles. The van der Waals surface area contributed by atoms with Gasteiger partial charge in [-0.05, 0) is 47.3 Å². The van der Waals surface area contributed by atoms with Gasteiger partial charge < -0.3 is 14.7 Å². The molecule has 0 unspecified atom stereocenters. The van der Waals surface area contributed by atoms with E-state index in [0.29, 0.717) is 25.9 Å². The summed E-state index contributed by atoms with van der Waals surface area (Å²) in [6.45, 7) is 2.91. The number of carbonyl (C=O) groups excluding carboxylic acids is 1. The molecule has 110 valence electrons. The number of halogens is 1. The molecule has 0 spiro atoms. The Morgan fingerprint density at radius 1 is 1.50 bits per heavy atom. The highest BCUT2D eigenvalue weighted by molar-refractivity contribution is 9.11. The molecule has 1 aliphatic rings. The summed E-state index contributed by atoms with van der Waals surface area (Å²) in [6, 6.07) is 1.89. The first-order valence-electron chi connectivity index (χ1n) is 6.36. The Kier molecular flexibility index (Phi) is 5.17. The number of carboxylic acid groups (broad SMARTS) is 1. The number of carboxylic acids is 1. The number of aryl methyl sites for hydroxylation is 1. The Morgan fingerprint density at radius 2 is 2.15 bits per heavy atom. The summed E-state index contributed by atoms with van der Waals surface area (Å²) in [5.41, 5.74) is 1.07. The monoisotopic (exact) mass is 361 g/mol. The van der Waals surface area contributed by atoms with Crippen molar-refractivity contribution in [1.29, 1.82) is 0 Å². The predicted octanol–water partition coefficient (Wildman–Crippen LogP) is 2.52. The van der Waals surface area contributed by atoms with E-state index in [1.54, 1.807) is 4.90 Å². The molecule has 1 amide bonds. The first-order chi connectivity index (χ1) is 9.47. The van der Waals surface area contributed by atoms with Crippen LogP contribution >= 0.6 is 27.3 Å². The molecule has 7 heteroatoms. The lowest BCUT2D eigenvalue weighted by Crippen LogP contribution is -2.41. The predicted molar refractivity (Wildman–Crippen MR) is 79.3 cm³/mol. The normalized spacial score (nSPS) is 16.4. The van der Waals surface area contributed by atoms with Gasteiger partial charge in [0, 0.05) is 13.1 Å². The van der Waals surface area contributed by atoms with Crippen LogP contribution in [0.3, 0.4) is 0 Å². The number of thiophene rings is 1. The fourth-order valence-electron chi connectivity index (χ4n) is 2.14. The molecule has 1 saturated heterocycles.